The lowest BCUT2D eigenvalue weighted by molar-refractivity contribution is 0.0943. The topological polar surface area (TPSA) is 73.9 Å². The molecule has 0 saturated carbocycles. The van der Waals surface area contributed by atoms with Crippen molar-refractivity contribution in [3.63, 3.8) is 0 Å². The van der Waals surface area contributed by atoms with Crippen LogP contribution in [0.5, 0.6) is 17.2 Å². The zero-order valence-electron chi connectivity index (χ0n) is 14.4. The Morgan fingerprint density at radius 3 is 2.44 bits per heavy atom. The number of methoxy groups -OCH3 is 1. The van der Waals surface area contributed by atoms with Crippen LogP contribution in [0.1, 0.15) is 11.1 Å². The van der Waals surface area contributed by atoms with E-state index in [1.165, 1.54) is 0 Å². The Morgan fingerprint density at radius 1 is 1.16 bits per heavy atom. The van der Waals surface area contributed by atoms with Gasteiger partial charge in [-0.3, -0.25) is 0 Å². The number of benzene rings is 2. The van der Waals surface area contributed by atoms with Crippen molar-refractivity contribution in [2.75, 3.05) is 20.3 Å². The average molecular weight is 363 g/mol. The van der Waals surface area contributed by atoms with E-state index in [0.717, 1.165) is 0 Å². The van der Waals surface area contributed by atoms with Gasteiger partial charge in [0.1, 0.15) is 18.5 Å². The van der Waals surface area contributed by atoms with E-state index in [1.54, 1.807) is 39.2 Å². The molecule has 0 aliphatic carbocycles. The highest BCUT2D eigenvalue weighted by Gasteiger charge is 2.25. The van der Waals surface area contributed by atoms with Crippen LogP contribution in [0.4, 0.5) is 0 Å². The maximum absolute atomic E-state index is 12.7. The number of ether oxygens (including phenoxy) is 3. The van der Waals surface area contributed by atoms with Gasteiger partial charge in [0.05, 0.1) is 18.6 Å². The van der Waals surface area contributed by atoms with Gasteiger partial charge in [0.2, 0.25) is 10.0 Å². The molecule has 2 aromatic carbocycles. The minimum atomic E-state index is -3.66. The van der Waals surface area contributed by atoms with E-state index in [1.807, 2.05) is 18.2 Å². The minimum Gasteiger partial charge on any atom is -0.497 e. The van der Waals surface area contributed by atoms with Crippen LogP contribution in [0.3, 0.4) is 0 Å². The number of rotatable bonds is 5. The summed E-state index contributed by atoms with van der Waals surface area (Å²) in [4.78, 5) is 0.269. The maximum Gasteiger partial charge on any atom is 0.241 e. The first-order valence-electron chi connectivity index (χ1n) is 7.94. The van der Waals surface area contributed by atoms with Gasteiger partial charge in [-0.2, -0.15) is 0 Å². The number of fused-ring (bicyclic) bond motifs is 1. The summed E-state index contributed by atoms with van der Waals surface area (Å²) in [7, 11) is -2.11. The van der Waals surface area contributed by atoms with Gasteiger partial charge >= 0.3 is 0 Å². The highest BCUT2D eigenvalue weighted by Crippen LogP contribution is 2.31. The first-order chi connectivity index (χ1) is 11.9. The van der Waals surface area contributed by atoms with Gasteiger partial charge in [0, 0.05) is 0 Å². The number of nitrogens with one attached hydrogen (secondary N) is 1. The average Bonchev–Trinajstić information content (AvgIpc) is 2.59. The summed E-state index contributed by atoms with van der Waals surface area (Å²) in [5.41, 5.74) is 1.27. The molecule has 0 bridgehead atoms. The minimum absolute atomic E-state index is 0.127. The molecule has 0 fully saturated rings. The Hall–Kier alpha value is -2.25. The monoisotopic (exact) mass is 363 g/mol. The molecule has 0 aromatic heterocycles. The number of para-hydroxylation sites is 2. The van der Waals surface area contributed by atoms with Crippen LogP contribution in [0.15, 0.2) is 41.3 Å². The van der Waals surface area contributed by atoms with Crippen LogP contribution in [-0.4, -0.2) is 34.8 Å². The van der Waals surface area contributed by atoms with Crippen LogP contribution in [0.2, 0.25) is 0 Å². The van der Waals surface area contributed by atoms with E-state index < -0.39 is 10.0 Å². The van der Waals surface area contributed by atoms with Crippen LogP contribution in [0.25, 0.3) is 0 Å². The molecule has 0 spiro atoms. The van der Waals surface area contributed by atoms with Crippen molar-refractivity contribution in [2.45, 2.75) is 24.8 Å². The molecule has 134 valence electrons. The van der Waals surface area contributed by atoms with Crippen molar-refractivity contribution >= 4 is 10.0 Å². The first-order valence-corrected chi connectivity index (χ1v) is 9.42. The maximum atomic E-state index is 12.7. The molecule has 7 heteroatoms. The second kappa shape index (κ2) is 6.93. The molecule has 6 nitrogen and oxygen atoms in total. The third kappa shape index (κ3) is 3.72. The Labute approximate surface area is 147 Å². The van der Waals surface area contributed by atoms with Gasteiger partial charge < -0.3 is 14.2 Å². The highest BCUT2D eigenvalue weighted by molar-refractivity contribution is 7.89. The lowest BCUT2D eigenvalue weighted by atomic mass is 10.1. The van der Waals surface area contributed by atoms with Gasteiger partial charge in [0.15, 0.2) is 11.5 Å². The number of sulfonamides is 1. The van der Waals surface area contributed by atoms with Gasteiger partial charge in [-0.05, 0) is 49.2 Å². The Morgan fingerprint density at radius 2 is 1.80 bits per heavy atom. The molecular weight excluding hydrogens is 342 g/mol. The molecule has 1 atom stereocenters. The molecule has 1 heterocycles. The van der Waals surface area contributed by atoms with Gasteiger partial charge in [0.25, 0.3) is 0 Å². The first kappa shape index (κ1) is 17.6. The van der Waals surface area contributed by atoms with Crippen molar-refractivity contribution in [2.24, 2.45) is 0 Å². The fourth-order valence-corrected chi connectivity index (χ4v) is 4.41. The van der Waals surface area contributed by atoms with E-state index >= 15 is 0 Å². The quantitative estimate of drug-likeness (QED) is 0.883. The second-order valence-corrected chi connectivity index (χ2v) is 7.64. The molecule has 0 unspecified atom stereocenters. The van der Waals surface area contributed by atoms with Crippen LogP contribution < -0.4 is 18.9 Å². The molecule has 2 aromatic rings. The van der Waals surface area contributed by atoms with E-state index in [2.05, 4.69) is 4.72 Å². The van der Waals surface area contributed by atoms with Crippen LogP contribution >= 0.6 is 0 Å². The zero-order chi connectivity index (χ0) is 18.0. The smallest absolute Gasteiger partial charge is 0.241 e. The summed E-state index contributed by atoms with van der Waals surface area (Å²) >= 11 is 0. The predicted octanol–water partition coefficient (Wildman–Crippen LogP) is 2.43. The van der Waals surface area contributed by atoms with Crippen molar-refractivity contribution in [3.8, 4) is 17.2 Å². The molecular formula is C18H21NO5S. The van der Waals surface area contributed by atoms with Gasteiger partial charge in [-0.15, -0.1) is 0 Å². The van der Waals surface area contributed by atoms with Crippen molar-refractivity contribution in [1.29, 1.82) is 0 Å². The van der Waals surface area contributed by atoms with Crippen molar-refractivity contribution in [1.82, 2.24) is 4.72 Å². The largest absolute Gasteiger partial charge is 0.497 e. The van der Waals surface area contributed by atoms with Crippen LogP contribution in [0, 0.1) is 13.8 Å². The Bertz CT molecular complexity index is 856. The van der Waals surface area contributed by atoms with Gasteiger partial charge in [-0.25, -0.2) is 13.1 Å². The molecule has 1 aliphatic rings. The summed E-state index contributed by atoms with van der Waals surface area (Å²) < 4.78 is 44.6. The second-order valence-electron chi connectivity index (χ2n) is 5.94. The molecule has 3 rings (SSSR count). The number of hydrogen-bond donors (Lipinski definition) is 1. The molecule has 0 amide bonds. The standard InChI is InChI=1S/C18H21NO5S/c1-12-8-14(22-3)9-13(2)18(12)25(20,21)19-10-15-11-23-16-6-4-5-7-17(16)24-15/h4-9,15,19H,10-11H2,1-3H3/t15-/m0/s1. The molecule has 0 radical (unpaired) electrons. The van der Waals surface area contributed by atoms with E-state index in [9.17, 15) is 8.42 Å². The molecule has 1 N–H and O–H groups in total. The van der Waals surface area contributed by atoms with E-state index in [4.69, 9.17) is 14.2 Å². The summed E-state index contributed by atoms with van der Waals surface area (Å²) in [6.07, 6.45) is -0.386. The highest BCUT2D eigenvalue weighted by atomic mass is 32.2. The molecule has 1 aliphatic heterocycles. The summed E-state index contributed by atoms with van der Waals surface area (Å²) in [5.74, 6) is 1.92. The summed E-state index contributed by atoms with van der Waals surface area (Å²) in [6.45, 7) is 3.92. The van der Waals surface area contributed by atoms with Crippen molar-refractivity contribution < 1.29 is 22.6 Å². The van der Waals surface area contributed by atoms with Gasteiger partial charge in [-0.1, -0.05) is 12.1 Å². The SMILES string of the molecule is COc1cc(C)c(S(=O)(=O)NC[C@H]2COc3ccccc3O2)c(C)c1. The third-order valence-corrected chi connectivity index (χ3v) is 5.73. The normalized spacial score (nSPS) is 16.5. The summed E-state index contributed by atoms with van der Waals surface area (Å²) in [6, 6.07) is 10.7. The Kier molecular flexibility index (Phi) is 4.87. The fourth-order valence-electron chi connectivity index (χ4n) is 2.89. The summed E-state index contributed by atoms with van der Waals surface area (Å²) in [5, 5.41) is 0. The molecule has 25 heavy (non-hydrogen) atoms. The lowest BCUT2D eigenvalue weighted by Gasteiger charge is -2.26. The van der Waals surface area contributed by atoms with E-state index in [0.29, 0.717) is 35.0 Å². The zero-order valence-corrected chi connectivity index (χ0v) is 15.2. The van der Waals surface area contributed by atoms with Crippen molar-refractivity contribution in [3.05, 3.63) is 47.5 Å². The third-order valence-electron chi connectivity index (χ3n) is 4.01. The van der Waals surface area contributed by atoms with E-state index in [-0.39, 0.29) is 17.5 Å². The van der Waals surface area contributed by atoms with Crippen LogP contribution in [-0.2, 0) is 10.0 Å². The number of hydrogen-bond acceptors (Lipinski definition) is 5. The molecule has 0 saturated heterocycles. The predicted molar refractivity (Wildman–Crippen MR) is 94.0 cm³/mol. The number of aryl methyl sites for hydroxylation is 2. The fraction of sp³-hybridized carbons (Fsp3) is 0.333. The Balaban J connectivity index is 1.73. The lowest BCUT2D eigenvalue weighted by Crippen LogP contribution is -2.41.